The van der Waals surface area contributed by atoms with E-state index in [1.165, 1.54) is 0 Å². The molecule has 2 rings (SSSR count). The zero-order valence-electron chi connectivity index (χ0n) is 12.1. The van der Waals surface area contributed by atoms with Crippen molar-refractivity contribution in [2.24, 2.45) is 0 Å². The maximum Gasteiger partial charge on any atom is 0.157 e. The van der Waals surface area contributed by atoms with Gasteiger partial charge in [-0.05, 0) is 35.9 Å². The number of nitriles is 1. The van der Waals surface area contributed by atoms with Gasteiger partial charge in [-0.25, -0.2) is 0 Å². The molecule has 0 bridgehead atoms. The van der Waals surface area contributed by atoms with Crippen LogP contribution in [0.3, 0.4) is 0 Å². The van der Waals surface area contributed by atoms with Gasteiger partial charge in [-0.1, -0.05) is 58.4 Å². The molecule has 0 aliphatic heterocycles. The van der Waals surface area contributed by atoms with Crippen molar-refractivity contribution in [1.82, 2.24) is 0 Å². The molecule has 0 N–H and O–H groups in total. The third-order valence-corrected chi connectivity index (χ3v) is 4.08. The third-order valence-electron chi connectivity index (χ3n) is 2.97. The van der Waals surface area contributed by atoms with Crippen LogP contribution in [0.1, 0.15) is 11.1 Å². The van der Waals surface area contributed by atoms with Crippen LogP contribution in [-0.4, -0.2) is 6.61 Å². The largest absolute Gasteiger partial charge is 0.478 e. The Morgan fingerprint density at radius 3 is 2.29 bits per heavy atom. The molecular weight excluding hydrogens is 388 g/mol. The molecule has 0 aliphatic carbocycles. The van der Waals surface area contributed by atoms with Crippen molar-refractivity contribution >= 4 is 58.1 Å². The Hall–Kier alpha value is -1.81. The maximum atomic E-state index is 9.42. The summed E-state index contributed by atoms with van der Waals surface area (Å²) in [6.07, 6.45) is 6.77. The molecule has 24 heavy (non-hydrogen) atoms. The summed E-state index contributed by atoms with van der Waals surface area (Å²) in [5, 5.41) is 10.9. The lowest BCUT2D eigenvalue weighted by Gasteiger charge is -2.09. The molecule has 0 spiro atoms. The fourth-order valence-electron chi connectivity index (χ4n) is 1.96. The number of rotatable bonds is 4. The first kappa shape index (κ1) is 18.5. The zero-order valence-corrected chi connectivity index (χ0v) is 15.1. The Bertz CT molecular complexity index is 868. The minimum atomic E-state index is 0.0540. The molecule has 120 valence electrons. The van der Waals surface area contributed by atoms with Gasteiger partial charge in [0.05, 0.1) is 26.7 Å². The molecule has 2 aromatic carbocycles. The standard InChI is InChI=1S/C18H9Cl4NO/c1-2-5-24-18-16(21)7-11(8-17(18)22)6-12(10-23)14-4-3-13(19)9-15(14)20/h1,3-4,6-9H,5H2/b12-6+. The van der Waals surface area contributed by atoms with Crippen molar-refractivity contribution in [2.45, 2.75) is 0 Å². The van der Waals surface area contributed by atoms with E-state index in [0.29, 0.717) is 42.5 Å². The van der Waals surface area contributed by atoms with Gasteiger partial charge in [0, 0.05) is 10.6 Å². The van der Waals surface area contributed by atoms with E-state index in [0.717, 1.165) is 0 Å². The first-order valence-electron chi connectivity index (χ1n) is 6.58. The molecule has 2 aromatic rings. The van der Waals surface area contributed by atoms with Crippen molar-refractivity contribution < 1.29 is 4.74 Å². The molecule has 0 radical (unpaired) electrons. The highest BCUT2D eigenvalue weighted by Gasteiger charge is 2.11. The Morgan fingerprint density at radius 2 is 1.75 bits per heavy atom. The van der Waals surface area contributed by atoms with Gasteiger partial charge in [-0.2, -0.15) is 5.26 Å². The van der Waals surface area contributed by atoms with E-state index in [1.54, 1.807) is 36.4 Å². The highest BCUT2D eigenvalue weighted by Crippen LogP contribution is 2.36. The van der Waals surface area contributed by atoms with Gasteiger partial charge in [0.2, 0.25) is 0 Å². The summed E-state index contributed by atoms with van der Waals surface area (Å²) in [4.78, 5) is 0. The number of nitrogens with zero attached hydrogens (tertiary/aromatic N) is 1. The van der Waals surface area contributed by atoms with Crippen LogP contribution in [-0.2, 0) is 0 Å². The van der Waals surface area contributed by atoms with Gasteiger partial charge < -0.3 is 4.74 Å². The van der Waals surface area contributed by atoms with Crippen molar-refractivity contribution in [3.05, 3.63) is 61.5 Å². The predicted octanol–water partition coefficient (Wildman–Crippen LogP) is 6.38. The van der Waals surface area contributed by atoms with Crippen molar-refractivity contribution in [3.8, 4) is 24.2 Å². The lowest BCUT2D eigenvalue weighted by molar-refractivity contribution is 0.371. The maximum absolute atomic E-state index is 9.42. The molecular formula is C18H9Cl4NO. The number of hydrogen-bond donors (Lipinski definition) is 0. The van der Waals surface area contributed by atoms with E-state index in [4.69, 9.17) is 57.6 Å². The van der Waals surface area contributed by atoms with Gasteiger partial charge in [0.25, 0.3) is 0 Å². The van der Waals surface area contributed by atoms with Crippen LogP contribution in [0.2, 0.25) is 20.1 Å². The Balaban J connectivity index is 2.45. The van der Waals surface area contributed by atoms with Crippen molar-refractivity contribution in [3.63, 3.8) is 0 Å². The summed E-state index contributed by atoms with van der Waals surface area (Å²) in [6, 6.07) is 10.3. The number of hydrogen-bond acceptors (Lipinski definition) is 2. The van der Waals surface area contributed by atoms with E-state index < -0.39 is 0 Å². The lowest BCUT2D eigenvalue weighted by atomic mass is 10.0. The first-order chi connectivity index (χ1) is 11.5. The third kappa shape index (κ3) is 4.38. The average molecular weight is 397 g/mol. The number of ether oxygens (including phenoxy) is 1. The van der Waals surface area contributed by atoms with E-state index >= 15 is 0 Å². The Morgan fingerprint density at radius 1 is 1.08 bits per heavy atom. The minimum Gasteiger partial charge on any atom is -0.478 e. The monoisotopic (exact) mass is 395 g/mol. The summed E-state index contributed by atoms with van der Waals surface area (Å²) in [5.74, 6) is 2.64. The molecule has 0 unspecified atom stereocenters. The summed E-state index contributed by atoms with van der Waals surface area (Å²) >= 11 is 24.3. The quantitative estimate of drug-likeness (QED) is 0.341. The number of allylic oxidation sites excluding steroid dienone is 1. The second-order valence-corrected chi connectivity index (χ2v) is 6.26. The molecule has 0 aliphatic rings. The summed E-state index contributed by atoms with van der Waals surface area (Å²) in [7, 11) is 0. The minimum absolute atomic E-state index is 0.0540. The van der Waals surface area contributed by atoms with Crippen LogP contribution in [0.15, 0.2) is 30.3 Å². The van der Waals surface area contributed by atoms with Gasteiger partial charge in [0.15, 0.2) is 5.75 Å². The second kappa shape index (κ2) is 8.34. The van der Waals surface area contributed by atoms with E-state index in [9.17, 15) is 5.26 Å². The number of terminal acetylenes is 1. The van der Waals surface area contributed by atoms with Crippen LogP contribution in [0.5, 0.6) is 5.75 Å². The van der Waals surface area contributed by atoms with Gasteiger partial charge in [-0.15, -0.1) is 6.42 Å². The van der Waals surface area contributed by atoms with Crippen molar-refractivity contribution in [1.29, 1.82) is 5.26 Å². The molecule has 0 atom stereocenters. The number of benzene rings is 2. The zero-order chi connectivity index (χ0) is 17.7. The smallest absolute Gasteiger partial charge is 0.157 e. The van der Waals surface area contributed by atoms with Crippen LogP contribution in [0, 0.1) is 23.7 Å². The fraction of sp³-hybridized carbons (Fsp3) is 0.0556. The average Bonchev–Trinajstić information content (AvgIpc) is 2.52. The molecule has 0 saturated carbocycles. The first-order valence-corrected chi connectivity index (χ1v) is 8.10. The Kier molecular flexibility index (Phi) is 6.44. The van der Waals surface area contributed by atoms with Gasteiger partial charge >= 0.3 is 0 Å². The topological polar surface area (TPSA) is 33.0 Å². The predicted molar refractivity (Wildman–Crippen MR) is 101 cm³/mol. The molecule has 0 heterocycles. The van der Waals surface area contributed by atoms with E-state index in [2.05, 4.69) is 12.0 Å². The van der Waals surface area contributed by atoms with Gasteiger partial charge in [0.1, 0.15) is 6.61 Å². The normalized spacial score (nSPS) is 10.8. The van der Waals surface area contributed by atoms with Gasteiger partial charge in [-0.3, -0.25) is 0 Å². The van der Waals surface area contributed by atoms with Crippen LogP contribution < -0.4 is 4.74 Å². The van der Waals surface area contributed by atoms with Crippen LogP contribution in [0.25, 0.3) is 11.6 Å². The van der Waals surface area contributed by atoms with E-state index in [1.807, 2.05) is 0 Å². The highest BCUT2D eigenvalue weighted by molar-refractivity contribution is 6.37. The lowest BCUT2D eigenvalue weighted by Crippen LogP contribution is -1.95. The summed E-state index contributed by atoms with van der Waals surface area (Å²) in [5.41, 5.74) is 1.53. The van der Waals surface area contributed by atoms with Crippen LogP contribution >= 0.6 is 46.4 Å². The molecule has 2 nitrogen and oxygen atoms in total. The second-order valence-electron chi connectivity index (χ2n) is 4.60. The summed E-state index contributed by atoms with van der Waals surface area (Å²) in [6.45, 7) is 0.0540. The molecule has 6 heteroatoms. The SMILES string of the molecule is C#CCOc1c(Cl)cc(/C=C(\C#N)c2ccc(Cl)cc2Cl)cc1Cl. The summed E-state index contributed by atoms with van der Waals surface area (Å²) < 4.78 is 5.30. The fourth-order valence-corrected chi connectivity index (χ4v) is 3.08. The highest BCUT2D eigenvalue weighted by atomic mass is 35.5. The molecule has 0 fully saturated rings. The van der Waals surface area contributed by atoms with Crippen LogP contribution in [0.4, 0.5) is 0 Å². The van der Waals surface area contributed by atoms with Crippen molar-refractivity contribution in [2.75, 3.05) is 6.61 Å². The Labute approximate surface area is 160 Å². The number of halogens is 4. The van der Waals surface area contributed by atoms with E-state index in [-0.39, 0.29) is 6.61 Å². The molecule has 0 saturated heterocycles. The molecule has 0 aromatic heterocycles. The molecule has 0 amide bonds.